The number of aryl methyl sites for hydroxylation is 2. The monoisotopic (exact) mass is 274 g/mol. The third-order valence-electron chi connectivity index (χ3n) is 3.60. The molecule has 1 aliphatic carbocycles. The Hall–Kier alpha value is -1.39. The molecule has 0 bridgehead atoms. The van der Waals surface area contributed by atoms with Crippen LogP contribution in [0.3, 0.4) is 0 Å². The molecule has 0 fully saturated rings. The summed E-state index contributed by atoms with van der Waals surface area (Å²) in [5.74, 6) is 0.889. The molecule has 0 spiro atoms. The highest BCUT2D eigenvalue weighted by molar-refractivity contribution is 7.11. The molecule has 0 aliphatic heterocycles. The number of nitrogens with one attached hydrogen (secondary N) is 1. The van der Waals surface area contributed by atoms with E-state index in [9.17, 15) is 0 Å². The molecule has 0 radical (unpaired) electrons. The molecule has 0 amide bonds. The van der Waals surface area contributed by atoms with Crippen LogP contribution in [0.25, 0.3) is 0 Å². The molecule has 1 aromatic heterocycles. The first kappa shape index (κ1) is 12.6. The van der Waals surface area contributed by atoms with Crippen LogP contribution in [-0.4, -0.2) is 19.1 Å². The molecule has 19 heavy (non-hydrogen) atoms. The average Bonchev–Trinajstić information content (AvgIpc) is 3.02. The highest BCUT2D eigenvalue weighted by atomic mass is 32.1. The van der Waals surface area contributed by atoms with Crippen LogP contribution in [0.1, 0.15) is 33.6 Å². The van der Waals surface area contributed by atoms with Crippen LogP contribution in [0, 0.1) is 0 Å². The summed E-state index contributed by atoms with van der Waals surface area (Å²) in [6.07, 6.45) is 3.61. The lowest BCUT2D eigenvalue weighted by atomic mass is 10.1. The van der Waals surface area contributed by atoms with Gasteiger partial charge in [-0.1, -0.05) is 12.1 Å². The number of benzene rings is 1. The third-order valence-corrected chi connectivity index (χ3v) is 4.82. The maximum Gasteiger partial charge on any atom is 0.118 e. The zero-order valence-corrected chi connectivity index (χ0v) is 12.1. The maximum absolute atomic E-state index is 5.20. The molecule has 1 atom stereocenters. The summed E-state index contributed by atoms with van der Waals surface area (Å²) in [5, 5.41) is 4.55. The van der Waals surface area contributed by atoms with Gasteiger partial charge in [-0.05, 0) is 44.0 Å². The molecule has 3 nitrogen and oxygen atoms in total. The van der Waals surface area contributed by atoms with Gasteiger partial charge < -0.3 is 10.1 Å². The van der Waals surface area contributed by atoms with E-state index in [0.717, 1.165) is 12.2 Å². The Bertz CT molecular complexity index is 541. The summed E-state index contributed by atoms with van der Waals surface area (Å²) in [4.78, 5) is 6.28. The number of ether oxygens (including phenoxy) is 1. The molecule has 1 unspecified atom stereocenters. The van der Waals surface area contributed by atoms with E-state index in [-0.39, 0.29) is 6.04 Å². The minimum absolute atomic E-state index is 0.182. The lowest BCUT2D eigenvalue weighted by Crippen LogP contribution is -2.17. The molecule has 3 rings (SSSR count). The number of thiazole rings is 1. The fourth-order valence-corrected chi connectivity index (χ4v) is 3.85. The second-order valence-corrected chi connectivity index (χ2v) is 5.89. The molecule has 0 saturated carbocycles. The summed E-state index contributed by atoms with van der Waals surface area (Å²) in [5.41, 5.74) is 2.55. The Morgan fingerprint density at radius 2 is 2.05 bits per heavy atom. The van der Waals surface area contributed by atoms with Gasteiger partial charge in [0.1, 0.15) is 10.8 Å². The van der Waals surface area contributed by atoms with Gasteiger partial charge in [0.15, 0.2) is 0 Å². The summed E-state index contributed by atoms with van der Waals surface area (Å²) in [6.45, 7) is 0. The van der Waals surface area contributed by atoms with E-state index in [4.69, 9.17) is 9.72 Å². The largest absolute Gasteiger partial charge is 0.497 e. The Kier molecular flexibility index (Phi) is 3.53. The zero-order chi connectivity index (χ0) is 13.2. The van der Waals surface area contributed by atoms with Gasteiger partial charge in [0.25, 0.3) is 0 Å². The molecular formula is C15H18N2OS. The van der Waals surface area contributed by atoms with Crippen molar-refractivity contribution in [2.45, 2.75) is 25.3 Å². The van der Waals surface area contributed by atoms with E-state index in [1.54, 1.807) is 7.11 Å². The van der Waals surface area contributed by atoms with Crippen LogP contribution < -0.4 is 10.1 Å². The van der Waals surface area contributed by atoms with Gasteiger partial charge in [-0.25, -0.2) is 4.98 Å². The quantitative estimate of drug-likeness (QED) is 0.930. The first-order valence-corrected chi connectivity index (χ1v) is 7.43. The second-order valence-electron chi connectivity index (χ2n) is 4.77. The minimum atomic E-state index is 0.182. The standard InChI is InChI=1S/C15H18N2OS/c1-16-14(10-6-8-11(18-2)9-7-10)15-17-12-4-3-5-13(12)19-15/h6-9,14,16H,3-5H2,1-2H3. The van der Waals surface area contributed by atoms with Crippen LogP contribution in [0.15, 0.2) is 24.3 Å². The van der Waals surface area contributed by atoms with Crippen LogP contribution in [0.5, 0.6) is 5.75 Å². The van der Waals surface area contributed by atoms with Gasteiger partial charge in [-0.2, -0.15) is 0 Å². The lowest BCUT2D eigenvalue weighted by molar-refractivity contribution is 0.414. The van der Waals surface area contributed by atoms with E-state index in [2.05, 4.69) is 17.4 Å². The average molecular weight is 274 g/mol. The molecule has 1 N–H and O–H groups in total. The Balaban J connectivity index is 1.90. The topological polar surface area (TPSA) is 34.1 Å². The van der Waals surface area contributed by atoms with Gasteiger partial charge in [-0.3, -0.25) is 0 Å². The van der Waals surface area contributed by atoms with E-state index in [1.807, 2.05) is 30.5 Å². The van der Waals surface area contributed by atoms with Crippen molar-refractivity contribution in [3.05, 3.63) is 45.4 Å². The van der Waals surface area contributed by atoms with E-state index >= 15 is 0 Å². The summed E-state index contributed by atoms with van der Waals surface area (Å²) < 4.78 is 5.20. The summed E-state index contributed by atoms with van der Waals surface area (Å²) >= 11 is 1.85. The molecule has 4 heteroatoms. The molecule has 100 valence electrons. The number of methoxy groups -OCH3 is 1. The van der Waals surface area contributed by atoms with Crippen molar-refractivity contribution >= 4 is 11.3 Å². The fraction of sp³-hybridized carbons (Fsp3) is 0.400. The summed E-state index contributed by atoms with van der Waals surface area (Å²) in [7, 11) is 3.68. The van der Waals surface area contributed by atoms with Crippen molar-refractivity contribution in [2.24, 2.45) is 0 Å². The van der Waals surface area contributed by atoms with Gasteiger partial charge in [0, 0.05) is 4.88 Å². The Morgan fingerprint density at radius 3 is 2.68 bits per heavy atom. The predicted octanol–water partition coefficient (Wildman–Crippen LogP) is 2.95. The number of fused-ring (bicyclic) bond motifs is 1. The van der Waals surface area contributed by atoms with Crippen LogP contribution in [-0.2, 0) is 12.8 Å². The van der Waals surface area contributed by atoms with Gasteiger partial charge in [0.2, 0.25) is 0 Å². The SMILES string of the molecule is CNC(c1ccc(OC)cc1)c1nc2c(s1)CCC2. The molecule has 1 aromatic carbocycles. The minimum Gasteiger partial charge on any atom is -0.497 e. The number of hydrogen-bond acceptors (Lipinski definition) is 4. The first-order chi connectivity index (χ1) is 9.31. The Morgan fingerprint density at radius 1 is 1.26 bits per heavy atom. The zero-order valence-electron chi connectivity index (χ0n) is 11.3. The third kappa shape index (κ3) is 2.38. The summed E-state index contributed by atoms with van der Waals surface area (Å²) in [6, 6.07) is 8.39. The van der Waals surface area contributed by atoms with Crippen molar-refractivity contribution in [2.75, 3.05) is 14.2 Å². The van der Waals surface area contributed by atoms with E-state index in [0.29, 0.717) is 0 Å². The van der Waals surface area contributed by atoms with Gasteiger partial charge in [0.05, 0.1) is 18.8 Å². The van der Waals surface area contributed by atoms with E-state index in [1.165, 1.54) is 34.0 Å². The number of aromatic nitrogens is 1. The number of nitrogens with zero attached hydrogens (tertiary/aromatic N) is 1. The fourth-order valence-electron chi connectivity index (χ4n) is 2.56. The van der Waals surface area contributed by atoms with Gasteiger partial charge in [-0.15, -0.1) is 11.3 Å². The maximum atomic E-state index is 5.20. The molecule has 2 aromatic rings. The molecular weight excluding hydrogens is 256 g/mol. The molecule has 0 saturated heterocycles. The van der Waals surface area contributed by atoms with Gasteiger partial charge >= 0.3 is 0 Å². The lowest BCUT2D eigenvalue weighted by Gasteiger charge is -2.14. The van der Waals surface area contributed by atoms with Crippen molar-refractivity contribution < 1.29 is 4.74 Å². The van der Waals surface area contributed by atoms with Crippen LogP contribution in [0.4, 0.5) is 0 Å². The van der Waals surface area contributed by atoms with Crippen LogP contribution >= 0.6 is 11.3 Å². The second kappa shape index (κ2) is 5.31. The first-order valence-electron chi connectivity index (χ1n) is 6.61. The predicted molar refractivity (Wildman–Crippen MR) is 78.0 cm³/mol. The molecule has 1 heterocycles. The normalized spacial score (nSPS) is 15.3. The number of rotatable bonds is 4. The smallest absolute Gasteiger partial charge is 0.118 e. The highest BCUT2D eigenvalue weighted by Crippen LogP contribution is 2.33. The molecule has 1 aliphatic rings. The van der Waals surface area contributed by atoms with E-state index < -0.39 is 0 Å². The highest BCUT2D eigenvalue weighted by Gasteiger charge is 2.22. The van der Waals surface area contributed by atoms with Crippen molar-refractivity contribution in [3.63, 3.8) is 0 Å². The van der Waals surface area contributed by atoms with Crippen LogP contribution in [0.2, 0.25) is 0 Å². The van der Waals surface area contributed by atoms with Crippen molar-refractivity contribution in [1.82, 2.24) is 10.3 Å². The van der Waals surface area contributed by atoms with Crippen molar-refractivity contribution in [1.29, 1.82) is 0 Å². The Labute approximate surface area is 117 Å². The number of hydrogen-bond donors (Lipinski definition) is 1. The van der Waals surface area contributed by atoms with Crippen molar-refractivity contribution in [3.8, 4) is 5.75 Å².